The molecule has 1 aliphatic heterocycles. The molecule has 5 nitrogen and oxygen atoms in total. The topological polar surface area (TPSA) is 74.8 Å². The van der Waals surface area contributed by atoms with Gasteiger partial charge in [0.2, 0.25) is 0 Å². The van der Waals surface area contributed by atoms with Gasteiger partial charge in [0.15, 0.2) is 10.9 Å². The Labute approximate surface area is 194 Å². The number of fused-ring (bicyclic) bond motifs is 1. The fourth-order valence-corrected chi connectivity index (χ4v) is 5.43. The number of nitrogens with one attached hydrogen (secondary N) is 2. The minimum absolute atomic E-state index is 0.116. The molecule has 0 saturated carbocycles. The quantitative estimate of drug-likeness (QED) is 0.441. The summed E-state index contributed by atoms with van der Waals surface area (Å²) in [5.41, 5.74) is 4.09. The molecule has 1 aromatic carbocycles. The second kappa shape index (κ2) is 8.54. The fourth-order valence-electron chi connectivity index (χ4n) is 4.61. The van der Waals surface area contributed by atoms with E-state index in [0.717, 1.165) is 29.0 Å². The van der Waals surface area contributed by atoms with Crippen LogP contribution in [0, 0.1) is 11.3 Å². The van der Waals surface area contributed by atoms with Gasteiger partial charge in [-0.3, -0.25) is 9.59 Å². The summed E-state index contributed by atoms with van der Waals surface area (Å²) in [5, 5.41) is 4.02. The summed E-state index contributed by atoms with van der Waals surface area (Å²) >= 11 is 1.56. The number of thioether (sulfide) groups is 1. The van der Waals surface area contributed by atoms with E-state index in [0.29, 0.717) is 34.8 Å². The predicted octanol–water partition coefficient (Wildman–Crippen LogP) is 5.84. The molecule has 0 saturated heterocycles. The Bertz CT molecular complexity index is 1130. The van der Waals surface area contributed by atoms with E-state index in [2.05, 4.69) is 76.1 Å². The lowest BCUT2D eigenvalue weighted by Gasteiger charge is -2.38. The van der Waals surface area contributed by atoms with E-state index in [1.165, 1.54) is 5.56 Å². The molecule has 0 bridgehead atoms. The first-order chi connectivity index (χ1) is 15.1. The number of ketones is 1. The first kappa shape index (κ1) is 22.8. The number of aromatic nitrogens is 2. The third-order valence-electron chi connectivity index (χ3n) is 6.19. The summed E-state index contributed by atoms with van der Waals surface area (Å²) in [7, 11) is 0. The number of aromatic amines is 1. The molecule has 2 aromatic rings. The lowest BCUT2D eigenvalue weighted by molar-refractivity contribution is -0.118. The number of hydrogen-bond acceptors (Lipinski definition) is 5. The van der Waals surface area contributed by atoms with E-state index in [-0.39, 0.29) is 16.8 Å². The Balaban J connectivity index is 1.86. The van der Waals surface area contributed by atoms with Gasteiger partial charge in [-0.25, -0.2) is 4.98 Å². The third-order valence-corrected chi connectivity index (χ3v) is 7.49. The van der Waals surface area contributed by atoms with Crippen molar-refractivity contribution < 1.29 is 4.79 Å². The van der Waals surface area contributed by atoms with Gasteiger partial charge >= 0.3 is 0 Å². The largest absolute Gasteiger partial charge is 0.343 e. The highest BCUT2D eigenvalue weighted by atomic mass is 32.2. The summed E-state index contributed by atoms with van der Waals surface area (Å²) in [6.45, 7) is 12.8. The monoisotopic (exact) mass is 451 g/mol. The van der Waals surface area contributed by atoms with Crippen LogP contribution in [0.2, 0.25) is 0 Å². The number of rotatable bonds is 5. The molecule has 0 fully saturated rings. The zero-order chi connectivity index (χ0) is 23.2. The van der Waals surface area contributed by atoms with E-state index < -0.39 is 5.92 Å². The maximum atomic E-state index is 13.3. The van der Waals surface area contributed by atoms with E-state index in [9.17, 15) is 9.59 Å². The minimum Gasteiger partial charge on any atom is -0.343 e. The van der Waals surface area contributed by atoms with Crippen LogP contribution in [0.3, 0.4) is 0 Å². The highest BCUT2D eigenvalue weighted by Crippen LogP contribution is 2.47. The normalized spacial score (nSPS) is 19.8. The number of benzene rings is 1. The Hall–Kier alpha value is -2.34. The summed E-state index contributed by atoms with van der Waals surface area (Å²) in [4.78, 5) is 34.4. The van der Waals surface area contributed by atoms with Crippen molar-refractivity contribution >= 4 is 23.4 Å². The first-order valence-corrected chi connectivity index (χ1v) is 12.4. The molecule has 0 amide bonds. The summed E-state index contributed by atoms with van der Waals surface area (Å²) in [5.74, 6) is 2.09. The molecule has 2 heterocycles. The van der Waals surface area contributed by atoms with Crippen molar-refractivity contribution in [3.8, 4) is 0 Å². The van der Waals surface area contributed by atoms with Crippen molar-refractivity contribution in [1.29, 1.82) is 0 Å². The maximum absolute atomic E-state index is 13.3. The van der Waals surface area contributed by atoms with Crippen LogP contribution in [-0.4, -0.2) is 21.5 Å². The average Bonchev–Trinajstić information content (AvgIpc) is 2.69. The SMILES string of the molecule is CC(C)CSc1nc2c(c(=O)[nH]1)C(c1ccc(C(C)C)cc1)C1=C(CC(C)(C)CC1=O)N2. The second-order valence-electron chi connectivity index (χ2n) is 10.6. The smallest absolute Gasteiger partial charge is 0.257 e. The van der Waals surface area contributed by atoms with Gasteiger partial charge in [0.1, 0.15) is 5.82 Å². The number of hydrogen-bond donors (Lipinski definition) is 2. The second-order valence-corrected chi connectivity index (χ2v) is 11.6. The molecule has 1 aliphatic carbocycles. The Morgan fingerprint density at radius 3 is 2.41 bits per heavy atom. The number of H-pyrrole nitrogens is 1. The van der Waals surface area contributed by atoms with Gasteiger partial charge in [-0.1, -0.05) is 77.6 Å². The van der Waals surface area contributed by atoms with Gasteiger partial charge < -0.3 is 10.3 Å². The first-order valence-electron chi connectivity index (χ1n) is 11.5. The van der Waals surface area contributed by atoms with Crippen LogP contribution in [0.1, 0.15) is 82.9 Å². The van der Waals surface area contributed by atoms with Gasteiger partial charge in [-0.15, -0.1) is 0 Å². The number of Topliss-reactive ketones (excluding diaryl/α,β-unsaturated/α-hetero) is 1. The number of carbonyl (C=O) groups excluding carboxylic acids is 1. The molecule has 1 atom stereocenters. The fraction of sp³-hybridized carbons (Fsp3) is 0.500. The number of carbonyl (C=O) groups is 1. The zero-order valence-corrected chi connectivity index (χ0v) is 20.7. The molecule has 6 heteroatoms. The van der Waals surface area contributed by atoms with Gasteiger partial charge in [-0.2, -0.15) is 0 Å². The molecule has 0 radical (unpaired) electrons. The molecular weight excluding hydrogens is 418 g/mol. The highest BCUT2D eigenvalue weighted by Gasteiger charge is 2.42. The van der Waals surface area contributed by atoms with Crippen LogP contribution >= 0.6 is 11.8 Å². The van der Waals surface area contributed by atoms with Crippen molar-refractivity contribution in [2.75, 3.05) is 11.1 Å². The van der Waals surface area contributed by atoms with E-state index in [1.807, 2.05) is 0 Å². The standard InChI is InChI=1S/C26H33N3O2S/c1-14(2)13-32-25-28-23-22(24(31)29-25)20(17-9-7-16(8-10-17)15(3)4)21-18(27-23)11-26(5,6)12-19(21)30/h7-10,14-15,20H,11-13H2,1-6H3,(H2,27,28,29,31). The van der Waals surface area contributed by atoms with Crippen molar-refractivity contribution in [1.82, 2.24) is 9.97 Å². The predicted molar refractivity (Wildman–Crippen MR) is 131 cm³/mol. The Morgan fingerprint density at radius 1 is 1.09 bits per heavy atom. The molecule has 2 N–H and O–H groups in total. The summed E-state index contributed by atoms with van der Waals surface area (Å²) in [6, 6.07) is 8.34. The molecule has 4 rings (SSSR count). The van der Waals surface area contributed by atoms with E-state index in [1.54, 1.807) is 11.8 Å². The van der Waals surface area contributed by atoms with Crippen LogP contribution in [0.5, 0.6) is 0 Å². The van der Waals surface area contributed by atoms with Gasteiger partial charge in [0.25, 0.3) is 5.56 Å². The van der Waals surface area contributed by atoms with Crippen molar-refractivity contribution in [3.63, 3.8) is 0 Å². The van der Waals surface area contributed by atoms with Crippen molar-refractivity contribution in [2.24, 2.45) is 11.3 Å². The Morgan fingerprint density at radius 2 is 1.78 bits per heavy atom. The molecular formula is C26H33N3O2S. The lowest BCUT2D eigenvalue weighted by atomic mass is 9.69. The van der Waals surface area contributed by atoms with Crippen LogP contribution in [0.25, 0.3) is 0 Å². The summed E-state index contributed by atoms with van der Waals surface area (Å²) < 4.78 is 0. The van der Waals surface area contributed by atoms with Crippen molar-refractivity contribution in [3.05, 3.63) is 62.6 Å². The van der Waals surface area contributed by atoms with Crippen LogP contribution in [0.15, 0.2) is 45.5 Å². The van der Waals surface area contributed by atoms with E-state index in [4.69, 9.17) is 4.98 Å². The van der Waals surface area contributed by atoms with Crippen molar-refractivity contribution in [2.45, 2.75) is 71.4 Å². The number of anilines is 1. The third kappa shape index (κ3) is 4.42. The number of nitrogens with zero attached hydrogens (tertiary/aromatic N) is 1. The van der Waals surface area contributed by atoms with Crippen LogP contribution in [0.4, 0.5) is 5.82 Å². The molecule has 1 aromatic heterocycles. The van der Waals surface area contributed by atoms with E-state index >= 15 is 0 Å². The highest BCUT2D eigenvalue weighted by molar-refractivity contribution is 7.99. The maximum Gasteiger partial charge on any atom is 0.257 e. The molecule has 1 unspecified atom stereocenters. The zero-order valence-electron chi connectivity index (χ0n) is 19.8. The minimum atomic E-state index is -0.397. The molecule has 2 aliphatic rings. The summed E-state index contributed by atoms with van der Waals surface area (Å²) in [6.07, 6.45) is 1.24. The average molecular weight is 452 g/mol. The van der Waals surface area contributed by atoms with Gasteiger partial charge in [0, 0.05) is 29.4 Å². The van der Waals surface area contributed by atoms with Gasteiger partial charge in [0.05, 0.1) is 5.56 Å². The Kier molecular flexibility index (Phi) is 6.10. The van der Waals surface area contributed by atoms with Crippen LogP contribution < -0.4 is 10.9 Å². The lowest BCUT2D eigenvalue weighted by Crippen LogP contribution is -2.37. The van der Waals surface area contributed by atoms with Gasteiger partial charge in [-0.05, 0) is 34.8 Å². The molecule has 32 heavy (non-hydrogen) atoms. The van der Waals surface area contributed by atoms with Crippen LogP contribution in [-0.2, 0) is 4.79 Å². The number of allylic oxidation sites excluding steroid dienone is 2. The molecule has 0 spiro atoms. The molecule has 170 valence electrons.